The Morgan fingerprint density at radius 3 is 3.25 bits per heavy atom. The highest BCUT2D eigenvalue weighted by atomic mass is 32.2. The lowest BCUT2D eigenvalue weighted by molar-refractivity contribution is 1.00. The first-order valence-electron chi connectivity index (χ1n) is 3.85. The maximum atomic E-state index is 11.1. The van der Waals surface area contributed by atoms with Crippen LogP contribution in [0.3, 0.4) is 0 Å². The second-order valence-corrected chi connectivity index (χ2v) is 3.97. The molecule has 1 aliphatic heterocycles. The second-order valence-electron chi connectivity index (χ2n) is 2.86. The van der Waals surface area contributed by atoms with Gasteiger partial charge in [0.2, 0.25) is 0 Å². The molecule has 12 heavy (non-hydrogen) atoms. The van der Waals surface area contributed by atoms with Crippen molar-refractivity contribution < 1.29 is 0 Å². The Morgan fingerprint density at radius 2 is 2.42 bits per heavy atom. The molecule has 0 saturated heterocycles. The molecule has 0 aliphatic carbocycles. The molecule has 1 aromatic heterocycles. The topological polar surface area (TPSA) is 58.9 Å². The molecule has 1 aromatic rings. The quantitative estimate of drug-likeness (QED) is 0.622. The normalized spacial score (nSPS) is 15.7. The fourth-order valence-corrected chi connectivity index (χ4v) is 2.31. The minimum absolute atomic E-state index is 0.156. The highest BCUT2D eigenvalue weighted by Crippen LogP contribution is 2.22. The molecule has 0 saturated carbocycles. The number of hydrogen-bond donors (Lipinski definition) is 2. The summed E-state index contributed by atoms with van der Waals surface area (Å²) in [6.07, 6.45) is 1.01. The zero-order valence-corrected chi connectivity index (χ0v) is 7.41. The van der Waals surface area contributed by atoms with Crippen molar-refractivity contribution in [1.82, 2.24) is 4.98 Å². The van der Waals surface area contributed by atoms with E-state index in [9.17, 15) is 4.79 Å². The van der Waals surface area contributed by atoms with Gasteiger partial charge in [-0.3, -0.25) is 4.79 Å². The summed E-state index contributed by atoms with van der Waals surface area (Å²) in [5.41, 5.74) is 7.92. The standard InChI is InChI=1S/C8H10N2OS/c9-6-3-5-1-2-12-4-7(5)10-8(6)11/h3H,1-2,4,9H2,(H,10,11). The minimum Gasteiger partial charge on any atom is -0.394 e. The second kappa shape index (κ2) is 2.86. The van der Waals surface area contributed by atoms with E-state index >= 15 is 0 Å². The molecule has 0 atom stereocenters. The van der Waals surface area contributed by atoms with E-state index < -0.39 is 0 Å². The van der Waals surface area contributed by atoms with Crippen LogP contribution in [0.2, 0.25) is 0 Å². The van der Waals surface area contributed by atoms with Crippen molar-refractivity contribution in [2.24, 2.45) is 0 Å². The molecule has 2 rings (SSSR count). The molecule has 0 spiro atoms. The summed E-state index contributed by atoms with van der Waals surface area (Å²) < 4.78 is 0. The fourth-order valence-electron chi connectivity index (χ4n) is 1.34. The minimum atomic E-state index is -0.156. The van der Waals surface area contributed by atoms with Crippen LogP contribution in [-0.4, -0.2) is 10.7 Å². The van der Waals surface area contributed by atoms with Gasteiger partial charge in [-0.1, -0.05) is 0 Å². The van der Waals surface area contributed by atoms with Gasteiger partial charge in [0, 0.05) is 11.4 Å². The summed E-state index contributed by atoms with van der Waals surface area (Å²) in [6, 6.07) is 1.80. The molecule has 2 heterocycles. The summed E-state index contributed by atoms with van der Waals surface area (Å²) in [7, 11) is 0. The molecular formula is C8H10N2OS. The van der Waals surface area contributed by atoms with E-state index in [1.54, 1.807) is 6.07 Å². The van der Waals surface area contributed by atoms with Gasteiger partial charge < -0.3 is 10.7 Å². The molecule has 0 fully saturated rings. The van der Waals surface area contributed by atoms with Crippen LogP contribution in [0, 0.1) is 0 Å². The lowest BCUT2D eigenvalue weighted by Gasteiger charge is -2.14. The van der Waals surface area contributed by atoms with Crippen molar-refractivity contribution in [2.45, 2.75) is 12.2 Å². The maximum absolute atomic E-state index is 11.1. The molecule has 0 aromatic carbocycles. The number of pyridine rings is 1. The third-order valence-corrected chi connectivity index (χ3v) is 2.99. The van der Waals surface area contributed by atoms with Crippen LogP contribution < -0.4 is 11.3 Å². The third kappa shape index (κ3) is 1.22. The number of hydrogen-bond acceptors (Lipinski definition) is 3. The highest BCUT2D eigenvalue weighted by Gasteiger charge is 2.10. The number of H-pyrrole nitrogens is 1. The van der Waals surface area contributed by atoms with Crippen LogP contribution in [0.15, 0.2) is 10.9 Å². The molecule has 0 radical (unpaired) electrons. The van der Waals surface area contributed by atoms with Crippen molar-refractivity contribution >= 4 is 17.4 Å². The number of aryl methyl sites for hydroxylation is 1. The zero-order chi connectivity index (χ0) is 8.55. The monoisotopic (exact) mass is 182 g/mol. The molecule has 1 aliphatic rings. The number of aromatic nitrogens is 1. The van der Waals surface area contributed by atoms with Crippen LogP contribution in [0.25, 0.3) is 0 Å². The van der Waals surface area contributed by atoms with Crippen LogP contribution >= 0.6 is 11.8 Å². The van der Waals surface area contributed by atoms with Gasteiger partial charge in [0.1, 0.15) is 0 Å². The Bertz CT molecular complexity index is 359. The van der Waals surface area contributed by atoms with E-state index in [1.807, 2.05) is 11.8 Å². The molecule has 3 N–H and O–H groups in total. The van der Waals surface area contributed by atoms with Gasteiger partial charge in [-0.05, 0) is 23.8 Å². The van der Waals surface area contributed by atoms with Gasteiger partial charge in [-0.25, -0.2) is 0 Å². The van der Waals surface area contributed by atoms with E-state index in [0.717, 1.165) is 23.6 Å². The van der Waals surface area contributed by atoms with Gasteiger partial charge in [-0.2, -0.15) is 11.8 Å². The van der Waals surface area contributed by atoms with Crippen molar-refractivity contribution in [3.63, 3.8) is 0 Å². The molecule has 0 unspecified atom stereocenters. The highest BCUT2D eigenvalue weighted by molar-refractivity contribution is 7.98. The van der Waals surface area contributed by atoms with Crippen molar-refractivity contribution in [3.8, 4) is 0 Å². The lowest BCUT2D eigenvalue weighted by atomic mass is 10.1. The number of thioether (sulfide) groups is 1. The zero-order valence-electron chi connectivity index (χ0n) is 6.59. The molecule has 4 heteroatoms. The van der Waals surface area contributed by atoms with E-state index in [2.05, 4.69) is 4.98 Å². The average molecular weight is 182 g/mol. The van der Waals surface area contributed by atoms with Crippen molar-refractivity contribution in [1.29, 1.82) is 0 Å². The van der Waals surface area contributed by atoms with Crippen molar-refractivity contribution in [2.75, 3.05) is 11.5 Å². The summed E-state index contributed by atoms with van der Waals surface area (Å²) in [6.45, 7) is 0. The SMILES string of the molecule is Nc1cc2c([nH]c1=O)CSCC2. The lowest BCUT2D eigenvalue weighted by Crippen LogP contribution is -2.17. The van der Waals surface area contributed by atoms with Crippen LogP contribution in [-0.2, 0) is 12.2 Å². The number of nitrogen functional groups attached to an aromatic ring is 1. The van der Waals surface area contributed by atoms with E-state index in [-0.39, 0.29) is 5.56 Å². The van der Waals surface area contributed by atoms with Gasteiger partial charge >= 0.3 is 0 Å². The molecule has 3 nitrogen and oxygen atoms in total. The van der Waals surface area contributed by atoms with Crippen LogP contribution in [0.5, 0.6) is 0 Å². The first-order chi connectivity index (χ1) is 5.77. The van der Waals surface area contributed by atoms with Gasteiger partial charge in [0.05, 0.1) is 5.69 Å². The number of fused-ring (bicyclic) bond motifs is 1. The third-order valence-electron chi connectivity index (χ3n) is 2.01. The molecule has 64 valence electrons. The van der Waals surface area contributed by atoms with E-state index in [1.165, 1.54) is 5.56 Å². The Hall–Kier alpha value is -0.900. The predicted molar refractivity (Wildman–Crippen MR) is 51.3 cm³/mol. The summed E-state index contributed by atoms with van der Waals surface area (Å²) >= 11 is 1.84. The van der Waals surface area contributed by atoms with Crippen LogP contribution in [0.4, 0.5) is 5.69 Å². The summed E-state index contributed by atoms with van der Waals surface area (Å²) in [4.78, 5) is 13.9. The van der Waals surface area contributed by atoms with E-state index in [0.29, 0.717) is 5.69 Å². The molecule has 0 amide bonds. The average Bonchev–Trinajstić information content (AvgIpc) is 2.07. The van der Waals surface area contributed by atoms with Crippen molar-refractivity contribution in [3.05, 3.63) is 27.7 Å². The number of rotatable bonds is 0. The Balaban J connectivity index is 2.56. The summed E-state index contributed by atoms with van der Waals surface area (Å²) in [5.74, 6) is 2.03. The Kier molecular flexibility index (Phi) is 1.84. The largest absolute Gasteiger partial charge is 0.394 e. The fraction of sp³-hybridized carbons (Fsp3) is 0.375. The maximum Gasteiger partial charge on any atom is 0.271 e. The first-order valence-corrected chi connectivity index (χ1v) is 5.01. The number of nitrogens with one attached hydrogen (secondary N) is 1. The number of aromatic amines is 1. The van der Waals surface area contributed by atoms with Gasteiger partial charge in [-0.15, -0.1) is 0 Å². The summed E-state index contributed by atoms with van der Waals surface area (Å²) in [5, 5.41) is 0. The Labute approximate surface area is 74.4 Å². The number of nitrogens with two attached hydrogens (primary N) is 1. The molecular weight excluding hydrogens is 172 g/mol. The van der Waals surface area contributed by atoms with Crippen LogP contribution in [0.1, 0.15) is 11.3 Å². The number of anilines is 1. The predicted octanol–water partition coefficient (Wildman–Crippen LogP) is 0.746. The molecule has 0 bridgehead atoms. The Morgan fingerprint density at radius 1 is 1.58 bits per heavy atom. The van der Waals surface area contributed by atoms with E-state index in [4.69, 9.17) is 5.73 Å². The smallest absolute Gasteiger partial charge is 0.271 e. The van der Waals surface area contributed by atoms with Gasteiger partial charge in [0.25, 0.3) is 5.56 Å². The van der Waals surface area contributed by atoms with Gasteiger partial charge in [0.15, 0.2) is 0 Å². The first kappa shape index (κ1) is 7.73.